The maximum Gasteiger partial charge on any atom is 0.224 e. The minimum atomic E-state index is -0.882. The Hall–Kier alpha value is -2.17. The molecule has 0 radical (unpaired) electrons. The molecule has 0 saturated heterocycles. The van der Waals surface area contributed by atoms with Crippen LogP contribution in [0.25, 0.3) is 0 Å². The Labute approximate surface area is 291 Å². The zero-order chi connectivity index (χ0) is 34.3. The van der Waals surface area contributed by atoms with Crippen LogP contribution < -0.4 is 5.32 Å². The van der Waals surface area contributed by atoms with Crippen molar-refractivity contribution in [2.24, 2.45) is 0 Å². The number of nitrogens with one attached hydrogen (secondary N) is 1. The van der Waals surface area contributed by atoms with Gasteiger partial charge in [-0.1, -0.05) is 196 Å². The first kappa shape index (κ1) is 44.8. The molecule has 0 spiro atoms. The van der Waals surface area contributed by atoms with Crippen molar-refractivity contribution in [3.05, 3.63) is 72.9 Å². The number of hydrogen-bond donors (Lipinski definition) is 3. The van der Waals surface area contributed by atoms with Gasteiger partial charge in [-0.15, -0.1) is 0 Å². The van der Waals surface area contributed by atoms with Gasteiger partial charge in [-0.05, 0) is 44.9 Å². The lowest BCUT2D eigenvalue weighted by Gasteiger charge is -2.19. The molecule has 2 unspecified atom stereocenters. The Balaban J connectivity index is 3.73. The van der Waals surface area contributed by atoms with Crippen molar-refractivity contribution in [1.29, 1.82) is 0 Å². The van der Waals surface area contributed by atoms with E-state index in [4.69, 9.17) is 0 Å². The summed E-state index contributed by atoms with van der Waals surface area (Å²) in [4.78, 5) is 12.3. The molecule has 4 heteroatoms. The molecule has 1 amide bonds. The maximum atomic E-state index is 12.3. The molecule has 0 fully saturated rings. The zero-order valence-electron chi connectivity index (χ0n) is 30.8. The van der Waals surface area contributed by atoms with Crippen molar-refractivity contribution in [2.75, 3.05) is 6.61 Å². The Kier molecular flexibility index (Phi) is 36.5. The van der Waals surface area contributed by atoms with Gasteiger partial charge in [-0.3, -0.25) is 4.79 Å². The fourth-order valence-electron chi connectivity index (χ4n) is 5.48. The molecule has 0 rings (SSSR count). The molecule has 0 heterocycles. The van der Waals surface area contributed by atoms with E-state index in [1.54, 1.807) is 6.08 Å². The van der Waals surface area contributed by atoms with E-state index >= 15 is 0 Å². The van der Waals surface area contributed by atoms with Crippen LogP contribution in [0.1, 0.15) is 174 Å². The predicted octanol–water partition coefficient (Wildman–Crippen LogP) is 12.0. The smallest absolute Gasteiger partial charge is 0.224 e. The maximum absolute atomic E-state index is 12.3. The van der Waals surface area contributed by atoms with Crippen molar-refractivity contribution in [3.63, 3.8) is 0 Å². The topological polar surface area (TPSA) is 69.6 Å². The number of aliphatic hydroxyl groups excluding tert-OH is 2. The molecule has 0 aromatic carbocycles. The first-order valence-corrected chi connectivity index (χ1v) is 19.7. The summed E-state index contributed by atoms with van der Waals surface area (Å²) in [6.45, 7) is 4.14. The van der Waals surface area contributed by atoms with E-state index in [9.17, 15) is 15.0 Å². The van der Waals surface area contributed by atoms with E-state index < -0.39 is 12.1 Å². The lowest BCUT2D eigenvalue weighted by Crippen LogP contribution is -2.44. The van der Waals surface area contributed by atoms with E-state index in [-0.39, 0.29) is 18.9 Å². The molecular formula is C43H75NO3. The zero-order valence-corrected chi connectivity index (χ0v) is 30.8. The summed E-state index contributed by atoms with van der Waals surface area (Å²) in [6.07, 6.45) is 54.5. The number of carbonyl (C=O) groups excluding carboxylic acids is 1. The Morgan fingerprint density at radius 2 is 0.915 bits per heavy atom. The lowest BCUT2D eigenvalue weighted by atomic mass is 10.0. The summed E-state index contributed by atoms with van der Waals surface area (Å²) in [5.74, 6) is -0.193. The van der Waals surface area contributed by atoms with Crippen LogP contribution >= 0.6 is 0 Å². The number of rotatable bonds is 34. The van der Waals surface area contributed by atoms with Crippen molar-refractivity contribution >= 4 is 5.91 Å². The van der Waals surface area contributed by atoms with Gasteiger partial charge >= 0.3 is 0 Å². The van der Waals surface area contributed by atoms with Crippen LogP contribution in [0.2, 0.25) is 0 Å². The summed E-state index contributed by atoms with van der Waals surface area (Å²) >= 11 is 0. The summed E-state index contributed by atoms with van der Waals surface area (Å²) < 4.78 is 0. The largest absolute Gasteiger partial charge is 0.394 e. The Bertz CT molecular complexity index is 838. The quantitative estimate of drug-likeness (QED) is 0.0478. The molecule has 270 valence electrons. The average Bonchev–Trinajstić information content (AvgIpc) is 3.07. The predicted molar refractivity (Wildman–Crippen MR) is 207 cm³/mol. The molecule has 2 atom stereocenters. The SMILES string of the molecule is CC/C=C\C/C=C\C/C=C\C/C=C\C/C=C\CC(=O)NC(CO)C(O)/C=C/CCCCCCCCCCCCCCCCCCCC. The first-order valence-electron chi connectivity index (χ1n) is 19.7. The van der Waals surface area contributed by atoms with Gasteiger partial charge in [0.05, 0.1) is 18.8 Å². The second-order valence-corrected chi connectivity index (χ2v) is 13.0. The van der Waals surface area contributed by atoms with E-state index in [1.165, 1.54) is 109 Å². The molecule has 0 bridgehead atoms. The summed E-state index contributed by atoms with van der Waals surface area (Å²) in [6, 6.07) is -0.679. The molecule has 0 saturated carbocycles. The van der Waals surface area contributed by atoms with Gasteiger partial charge < -0.3 is 15.5 Å². The number of unbranched alkanes of at least 4 members (excludes halogenated alkanes) is 18. The van der Waals surface area contributed by atoms with Crippen LogP contribution in [-0.4, -0.2) is 34.9 Å². The number of allylic oxidation sites excluding steroid dienone is 10. The molecule has 0 aliphatic rings. The van der Waals surface area contributed by atoms with Crippen molar-refractivity contribution in [1.82, 2.24) is 5.32 Å². The van der Waals surface area contributed by atoms with Gasteiger partial charge in [0.1, 0.15) is 0 Å². The van der Waals surface area contributed by atoms with Crippen LogP contribution in [-0.2, 0) is 4.79 Å². The molecule has 3 N–H and O–H groups in total. The number of aliphatic hydroxyl groups is 2. The minimum absolute atomic E-state index is 0.193. The minimum Gasteiger partial charge on any atom is -0.394 e. The number of hydrogen-bond acceptors (Lipinski definition) is 3. The van der Waals surface area contributed by atoms with E-state index in [1.807, 2.05) is 18.2 Å². The van der Waals surface area contributed by atoms with Crippen LogP contribution in [0.4, 0.5) is 0 Å². The summed E-state index contributed by atoms with van der Waals surface area (Å²) in [7, 11) is 0. The first-order chi connectivity index (χ1) is 23.2. The highest BCUT2D eigenvalue weighted by molar-refractivity contribution is 5.77. The van der Waals surface area contributed by atoms with Gasteiger partial charge in [-0.2, -0.15) is 0 Å². The fourth-order valence-corrected chi connectivity index (χ4v) is 5.48. The third-order valence-corrected chi connectivity index (χ3v) is 8.47. The van der Waals surface area contributed by atoms with E-state index in [2.05, 4.69) is 67.8 Å². The molecule has 0 aromatic heterocycles. The fraction of sp³-hybridized carbons (Fsp3) is 0.698. The Morgan fingerprint density at radius 3 is 1.32 bits per heavy atom. The third-order valence-electron chi connectivity index (χ3n) is 8.47. The molecule has 0 aliphatic heterocycles. The second kappa shape index (κ2) is 38.3. The van der Waals surface area contributed by atoms with E-state index in [0.29, 0.717) is 0 Å². The standard InChI is InChI=1S/C43H75NO3/c1-3-5-7-9-11-13-15-17-19-20-21-22-23-25-26-28-30-32-34-36-38-42(46)41(40-45)44-43(47)39-37-35-33-31-29-27-24-18-16-14-12-10-8-6-4-2/h6,8,12,14,18,24,29,31,35-38,41-42,45-46H,3-5,7,9-11,13,15-17,19-23,25-28,30,32-34,39-40H2,1-2H3,(H,44,47)/b8-6-,14-12-,24-18-,31-29-,37-35-,38-36+. The monoisotopic (exact) mass is 654 g/mol. The molecule has 0 aromatic rings. The summed E-state index contributed by atoms with van der Waals surface area (Å²) in [5.41, 5.74) is 0. The molecular weight excluding hydrogens is 578 g/mol. The van der Waals surface area contributed by atoms with Gasteiger partial charge in [0, 0.05) is 6.42 Å². The molecule has 4 nitrogen and oxygen atoms in total. The summed E-state index contributed by atoms with van der Waals surface area (Å²) in [5, 5.41) is 22.8. The van der Waals surface area contributed by atoms with E-state index in [0.717, 1.165) is 44.9 Å². The van der Waals surface area contributed by atoms with Crippen molar-refractivity contribution < 1.29 is 15.0 Å². The van der Waals surface area contributed by atoms with Gasteiger partial charge in [-0.25, -0.2) is 0 Å². The number of amides is 1. The van der Waals surface area contributed by atoms with Crippen molar-refractivity contribution in [3.8, 4) is 0 Å². The van der Waals surface area contributed by atoms with Gasteiger partial charge in [0.2, 0.25) is 5.91 Å². The van der Waals surface area contributed by atoms with Crippen LogP contribution in [0.15, 0.2) is 72.9 Å². The second-order valence-electron chi connectivity index (χ2n) is 13.0. The van der Waals surface area contributed by atoms with Gasteiger partial charge in [0.15, 0.2) is 0 Å². The Morgan fingerprint density at radius 1 is 0.532 bits per heavy atom. The normalized spacial score (nSPS) is 13.9. The number of carbonyl (C=O) groups is 1. The van der Waals surface area contributed by atoms with Crippen molar-refractivity contribution in [2.45, 2.75) is 187 Å². The highest BCUT2D eigenvalue weighted by Gasteiger charge is 2.17. The average molecular weight is 654 g/mol. The third kappa shape index (κ3) is 35.0. The lowest BCUT2D eigenvalue weighted by molar-refractivity contribution is -0.122. The van der Waals surface area contributed by atoms with Crippen LogP contribution in [0, 0.1) is 0 Å². The highest BCUT2D eigenvalue weighted by atomic mass is 16.3. The van der Waals surface area contributed by atoms with Gasteiger partial charge in [0.25, 0.3) is 0 Å². The van der Waals surface area contributed by atoms with Crippen LogP contribution in [0.3, 0.4) is 0 Å². The van der Waals surface area contributed by atoms with Crippen LogP contribution in [0.5, 0.6) is 0 Å². The molecule has 0 aliphatic carbocycles. The highest BCUT2D eigenvalue weighted by Crippen LogP contribution is 2.15. The molecule has 47 heavy (non-hydrogen) atoms.